The minimum Gasteiger partial charge on any atom is -0.343 e. The van der Waals surface area contributed by atoms with Crippen LogP contribution in [0.3, 0.4) is 0 Å². The van der Waals surface area contributed by atoms with E-state index in [1.54, 1.807) is 0 Å². The van der Waals surface area contributed by atoms with Gasteiger partial charge in [0.25, 0.3) is 5.91 Å². The topological polar surface area (TPSA) is 32.3 Å². The van der Waals surface area contributed by atoms with Crippen molar-refractivity contribution in [2.24, 2.45) is 5.92 Å². The zero-order valence-corrected chi connectivity index (χ0v) is 17.4. The first-order valence-electron chi connectivity index (χ1n) is 10.1. The second-order valence-corrected chi connectivity index (χ2v) is 8.84. The van der Waals surface area contributed by atoms with E-state index in [2.05, 4.69) is 17.3 Å². The Labute approximate surface area is 179 Å². The van der Waals surface area contributed by atoms with Gasteiger partial charge in [0, 0.05) is 12.1 Å². The minimum absolute atomic E-state index is 0.00511. The number of carbonyl (C=O) groups is 1. The standard InChI is InChI=1S/C23H24ClF3N2O/c1-29-14-15-9-11-22(29,12-10-15)20(16-5-3-2-4-6-16)28-21(30)18-13-17(23(25,26)27)7-8-19(18)24/h2-8,13,15,20H,9-12,14H2,1H3,(H,28,30). The number of carbonyl (C=O) groups excluding carboxylic acids is 1. The van der Waals surface area contributed by atoms with E-state index in [0.717, 1.165) is 56.0 Å². The molecule has 1 aliphatic carbocycles. The van der Waals surface area contributed by atoms with Gasteiger partial charge in [-0.15, -0.1) is 0 Å². The Balaban J connectivity index is 1.71. The number of piperidine rings is 2. The quantitative estimate of drug-likeness (QED) is 0.666. The number of fused-ring (bicyclic) bond motifs is 3. The van der Waals surface area contributed by atoms with Crippen LogP contribution in [0.5, 0.6) is 0 Å². The van der Waals surface area contributed by atoms with Crippen molar-refractivity contribution in [3.8, 4) is 0 Å². The summed E-state index contributed by atoms with van der Waals surface area (Å²) in [4.78, 5) is 15.5. The van der Waals surface area contributed by atoms with Crippen molar-refractivity contribution in [1.82, 2.24) is 10.2 Å². The number of likely N-dealkylation sites (N-methyl/N-ethyl adjacent to an activating group) is 1. The molecule has 2 bridgehead atoms. The van der Waals surface area contributed by atoms with E-state index in [0.29, 0.717) is 5.92 Å². The molecule has 1 unspecified atom stereocenters. The van der Waals surface area contributed by atoms with Crippen molar-refractivity contribution >= 4 is 17.5 Å². The summed E-state index contributed by atoms with van der Waals surface area (Å²) in [5, 5.41) is 3.06. The maximum Gasteiger partial charge on any atom is 0.416 e. The summed E-state index contributed by atoms with van der Waals surface area (Å²) >= 11 is 6.12. The molecule has 2 saturated heterocycles. The molecule has 30 heavy (non-hydrogen) atoms. The summed E-state index contributed by atoms with van der Waals surface area (Å²) in [6.45, 7) is 0.962. The van der Waals surface area contributed by atoms with Crippen molar-refractivity contribution in [2.75, 3.05) is 13.6 Å². The molecule has 1 saturated carbocycles. The van der Waals surface area contributed by atoms with E-state index in [4.69, 9.17) is 11.6 Å². The van der Waals surface area contributed by atoms with Crippen LogP contribution in [0, 0.1) is 5.92 Å². The molecule has 2 aliphatic heterocycles. The number of halogens is 4. The predicted octanol–water partition coefficient (Wildman–Crippen LogP) is 5.70. The monoisotopic (exact) mass is 436 g/mol. The molecule has 3 nitrogen and oxygen atoms in total. The summed E-state index contributed by atoms with van der Waals surface area (Å²) in [6.07, 6.45) is -0.491. The molecule has 7 heteroatoms. The van der Waals surface area contributed by atoms with Crippen LogP contribution < -0.4 is 5.32 Å². The van der Waals surface area contributed by atoms with Gasteiger partial charge >= 0.3 is 6.18 Å². The highest BCUT2D eigenvalue weighted by Gasteiger charge is 2.50. The van der Waals surface area contributed by atoms with Gasteiger partial charge in [-0.2, -0.15) is 13.2 Å². The zero-order chi connectivity index (χ0) is 21.5. The molecule has 2 aromatic carbocycles. The van der Waals surface area contributed by atoms with Crippen LogP contribution in [0.25, 0.3) is 0 Å². The summed E-state index contributed by atoms with van der Waals surface area (Å²) in [5.74, 6) is 0.0809. The molecule has 3 aliphatic rings. The lowest BCUT2D eigenvalue weighted by atomic mass is 9.66. The van der Waals surface area contributed by atoms with Crippen molar-refractivity contribution in [2.45, 2.75) is 43.4 Å². The van der Waals surface area contributed by atoms with E-state index in [-0.39, 0.29) is 22.2 Å². The Bertz CT molecular complexity index is 924. The molecule has 2 aromatic rings. The molecular weight excluding hydrogens is 413 g/mol. The molecule has 160 valence electrons. The first-order valence-corrected chi connectivity index (χ1v) is 10.5. The molecule has 1 N–H and O–H groups in total. The molecule has 3 fully saturated rings. The van der Waals surface area contributed by atoms with Crippen LogP contribution in [-0.4, -0.2) is 29.9 Å². The third kappa shape index (κ3) is 3.83. The average molecular weight is 437 g/mol. The van der Waals surface area contributed by atoms with Crippen LogP contribution in [0.1, 0.15) is 53.2 Å². The number of rotatable bonds is 4. The second kappa shape index (κ2) is 7.89. The predicted molar refractivity (Wildman–Crippen MR) is 110 cm³/mol. The highest BCUT2D eigenvalue weighted by molar-refractivity contribution is 6.33. The third-order valence-corrected chi connectivity index (χ3v) is 7.08. The van der Waals surface area contributed by atoms with Crippen molar-refractivity contribution in [3.05, 3.63) is 70.2 Å². The molecule has 0 spiro atoms. The Hall–Kier alpha value is -2.05. The van der Waals surface area contributed by atoms with E-state index in [9.17, 15) is 18.0 Å². The normalized spacial score (nSPS) is 25.2. The van der Waals surface area contributed by atoms with Crippen LogP contribution >= 0.6 is 11.6 Å². The van der Waals surface area contributed by atoms with Gasteiger partial charge in [0.2, 0.25) is 0 Å². The van der Waals surface area contributed by atoms with Gasteiger partial charge in [0.05, 0.1) is 22.2 Å². The summed E-state index contributed by atoms with van der Waals surface area (Å²) < 4.78 is 39.5. The molecular formula is C23H24ClF3N2O. The smallest absolute Gasteiger partial charge is 0.343 e. The van der Waals surface area contributed by atoms with Crippen LogP contribution in [-0.2, 0) is 6.18 Å². The number of alkyl halides is 3. The summed E-state index contributed by atoms with van der Waals surface area (Å²) in [5.41, 5.74) is -0.362. The molecule has 5 rings (SSSR count). The fourth-order valence-electron chi connectivity index (χ4n) is 5.08. The number of amides is 1. The van der Waals surface area contributed by atoms with Crippen molar-refractivity contribution < 1.29 is 18.0 Å². The number of nitrogens with zero attached hydrogens (tertiary/aromatic N) is 1. The van der Waals surface area contributed by atoms with E-state index >= 15 is 0 Å². The van der Waals surface area contributed by atoms with E-state index < -0.39 is 17.6 Å². The Morgan fingerprint density at radius 3 is 2.43 bits per heavy atom. The highest BCUT2D eigenvalue weighted by atomic mass is 35.5. The van der Waals surface area contributed by atoms with Crippen molar-refractivity contribution in [3.63, 3.8) is 0 Å². The number of hydrogen-bond donors (Lipinski definition) is 1. The largest absolute Gasteiger partial charge is 0.416 e. The average Bonchev–Trinajstić information content (AvgIpc) is 2.73. The first-order chi connectivity index (χ1) is 14.2. The number of hydrogen-bond acceptors (Lipinski definition) is 2. The van der Waals surface area contributed by atoms with Crippen LogP contribution in [0.15, 0.2) is 48.5 Å². The van der Waals surface area contributed by atoms with Gasteiger partial charge in [-0.05, 0) is 62.4 Å². The van der Waals surface area contributed by atoms with Crippen LogP contribution in [0.2, 0.25) is 5.02 Å². The Kier molecular flexibility index (Phi) is 5.58. The Morgan fingerprint density at radius 1 is 1.17 bits per heavy atom. The lowest BCUT2D eigenvalue weighted by molar-refractivity contribution is -0.137. The number of benzene rings is 2. The van der Waals surface area contributed by atoms with Gasteiger partial charge in [-0.25, -0.2) is 0 Å². The van der Waals surface area contributed by atoms with Gasteiger partial charge in [0.1, 0.15) is 0 Å². The maximum absolute atomic E-state index is 13.2. The van der Waals surface area contributed by atoms with Crippen LogP contribution in [0.4, 0.5) is 13.2 Å². The van der Waals surface area contributed by atoms with E-state index in [1.165, 1.54) is 0 Å². The highest BCUT2D eigenvalue weighted by Crippen LogP contribution is 2.49. The molecule has 0 aromatic heterocycles. The number of nitrogens with one attached hydrogen (secondary N) is 1. The van der Waals surface area contributed by atoms with Gasteiger partial charge < -0.3 is 5.32 Å². The lowest BCUT2D eigenvalue weighted by Crippen LogP contribution is -2.62. The summed E-state index contributed by atoms with van der Waals surface area (Å²) in [7, 11) is 2.07. The Morgan fingerprint density at radius 2 is 1.83 bits per heavy atom. The third-order valence-electron chi connectivity index (χ3n) is 6.75. The lowest BCUT2D eigenvalue weighted by Gasteiger charge is -2.57. The molecule has 2 heterocycles. The van der Waals surface area contributed by atoms with Gasteiger partial charge in [-0.3, -0.25) is 9.69 Å². The zero-order valence-electron chi connectivity index (χ0n) is 16.7. The maximum atomic E-state index is 13.2. The van der Waals surface area contributed by atoms with Crippen molar-refractivity contribution in [1.29, 1.82) is 0 Å². The minimum atomic E-state index is -4.54. The van der Waals surface area contributed by atoms with Gasteiger partial charge in [0.15, 0.2) is 0 Å². The molecule has 1 amide bonds. The van der Waals surface area contributed by atoms with Gasteiger partial charge in [-0.1, -0.05) is 41.9 Å². The fraction of sp³-hybridized carbons (Fsp3) is 0.435. The fourth-order valence-corrected chi connectivity index (χ4v) is 5.28. The molecule has 1 atom stereocenters. The van der Waals surface area contributed by atoms with E-state index in [1.807, 2.05) is 30.3 Å². The first kappa shape index (κ1) is 21.2. The molecule has 0 radical (unpaired) electrons. The SMILES string of the molecule is CN1CC2CCC1(C(NC(=O)c1cc(C(F)(F)F)ccc1Cl)c1ccccc1)CC2. The second-order valence-electron chi connectivity index (χ2n) is 8.44. The summed E-state index contributed by atoms with van der Waals surface area (Å²) in [6, 6.07) is 12.2.